The Balaban J connectivity index is 1.76. The van der Waals surface area contributed by atoms with E-state index in [1.165, 1.54) is 11.1 Å². The van der Waals surface area contributed by atoms with Crippen LogP contribution in [0.3, 0.4) is 0 Å². The molecular formula is C27H16N4S. The number of hydrogen-bond donors (Lipinski definition) is 0. The van der Waals surface area contributed by atoms with E-state index in [0.717, 1.165) is 32.0 Å². The van der Waals surface area contributed by atoms with Crippen LogP contribution in [0.2, 0.25) is 0 Å². The highest BCUT2D eigenvalue weighted by Gasteiger charge is 2.35. The highest BCUT2D eigenvalue weighted by molar-refractivity contribution is 7.16. The highest BCUT2D eigenvalue weighted by atomic mass is 32.1. The molecule has 5 heteroatoms. The van der Waals surface area contributed by atoms with Gasteiger partial charge in [-0.1, -0.05) is 44.2 Å². The van der Waals surface area contributed by atoms with Crippen LogP contribution in [0, 0.1) is 45.3 Å². The van der Waals surface area contributed by atoms with Crippen molar-refractivity contribution in [2.45, 2.75) is 19.3 Å². The Morgan fingerprint density at radius 2 is 1.34 bits per heavy atom. The van der Waals surface area contributed by atoms with Gasteiger partial charge in [0.15, 0.2) is 0 Å². The molecule has 0 atom stereocenters. The number of nitrogens with zero attached hydrogens (tertiary/aromatic N) is 4. The Bertz CT molecular complexity index is 1460. The number of hydrogen-bond acceptors (Lipinski definition) is 5. The Kier molecular flexibility index (Phi) is 5.22. The molecule has 4 rings (SSSR count). The Labute approximate surface area is 190 Å². The second-order valence-electron chi connectivity index (χ2n) is 7.96. The van der Waals surface area contributed by atoms with Gasteiger partial charge in [-0.2, -0.15) is 21.0 Å². The zero-order valence-corrected chi connectivity index (χ0v) is 18.3. The van der Waals surface area contributed by atoms with Crippen LogP contribution in [0.5, 0.6) is 0 Å². The van der Waals surface area contributed by atoms with Gasteiger partial charge >= 0.3 is 0 Å². The van der Waals surface area contributed by atoms with Crippen LogP contribution in [0.25, 0.3) is 33.7 Å². The van der Waals surface area contributed by atoms with Crippen molar-refractivity contribution < 1.29 is 0 Å². The third-order valence-corrected chi connectivity index (χ3v) is 6.77. The molecule has 0 aliphatic heterocycles. The number of fused-ring (bicyclic) bond motifs is 3. The van der Waals surface area contributed by atoms with E-state index in [1.54, 1.807) is 23.5 Å². The lowest BCUT2D eigenvalue weighted by Gasteiger charge is -2.22. The average Bonchev–Trinajstić information content (AvgIpc) is 3.36. The molecule has 4 nitrogen and oxygen atoms in total. The predicted molar refractivity (Wildman–Crippen MR) is 126 cm³/mol. The number of thiophene rings is 1. The van der Waals surface area contributed by atoms with E-state index in [9.17, 15) is 0 Å². The van der Waals surface area contributed by atoms with Crippen LogP contribution in [0.1, 0.15) is 35.4 Å². The molecule has 0 saturated heterocycles. The monoisotopic (exact) mass is 428 g/mol. The Morgan fingerprint density at radius 1 is 0.750 bits per heavy atom. The number of benzene rings is 2. The quantitative estimate of drug-likeness (QED) is 0.440. The van der Waals surface area contributed by atoms with Gasteiger partial charge in [-0.15, -0.1) is 11.3 Å². The fraction of sp³-hybridized carbons (Fsp3) is 0.111. The maximum Gasteiger partial charge on any atom is 0.131 e. The summed E-state index contributed by atoms with van der Waals surface area (Å²) in [4.78, 5) is 1.93. The van der Waals surface area contributed by atoms with Crippen molar-refractivity contribution in [3.05, 3.63) is 81.2 Å². The standard InChI is InChI=1S/C27H16N4S/c1-27(2)24-11-17(9-18(13-28)14-29)3-6-22(24)23-7-4-20(12-25(23)27)26-8-5-21(32-26)10-19(15-30)16-31/h3-12H,1-2H3. The van der Waals surface area contributed by atoms with Crippen molar-refractivity contribution >= 4 is 23.5 Å². The fourth-order valence-electron chi connectivity index (χ4n) is 4.07. The third kappa shape index (κ3) is 3.49. The molecule has 0 N–H and O–H groups in total. The van der Waals surface area contributed by atoms with Crippen LogP contribution < -0.4 is 0 Å². The molecule has 0 fully saturated rings. The highest BCUT2D eigenvalue weighted by Crippen LogP contribution is 2.50. The number of nitriles is 4. The first kappa shape index (κ1) is 20.8. The Hall–Kier alpha value is -4.42. The molecule has 150 valence electrons. The molecule has 3 aromatic rings. The molecule has 2 aromatic carbocycles. The largest absolute Gasteiger partial charge is 0.192 e. The second-order valence-corrected chi connectivity index (χ2v) is 9.07. The lowest BCUT2D eigenvalue weighted by atomic mass is 9.81. The number of rotatable bonds is 3. The van der Waals surface area contributed by atoms with Crippen LogP contribution in [0.15, 0.2) is 59.7 Å². The zero-order valence-electron chi connectivity index (χ0n) is 17.5. The second kappa shape index (κ2) is 8.02. The molecule has 32 heavy (non-hydrogen) atoms. The predicted octanol–water partition coefficient (Wildman–Crippen LogP) is 6.58. The summed E-state index contributed by atoms with van der Waals surface area (Å²) in [7, 11) is 0. The summed E-state index contributed by atoms with van der Waals surface area (Å²) in [6.07, 6.45) is 3.22. The lowest BCUT2D eigenvalue weighted by molar-refractivity contribution is 0.660. The number of allylic oxidation sites excluding steroid dienone is 2. The van der Waals surface area contributed by atoms with Crippen LogP contribution in [0.4, 0.5) is 0 Å². The smallest absolute Gasteiger partial charge is 0.131 e. The molecule has 1 aromatic heterocycles. The van der Waals surface area contributed by atoms with E-state index in [2.05, 4.69) is 44.2 Å². The van der Waals surface area contributed by atoms with Gasteiger partial charge in [0.2, 0.25) is 0 Å². The molecule has 1 heterocycles. The molecule has 0 spiro atoms. The summed E-state index contributed by atoms with van der Waals surface area (Å²) < 4.78 is 0. The summed E-state index contributed by atoms with van der Waals surface area (Å²) >= 11 is 1.54. The minimum Gasteiger partial charge on any atom is -0.192 e. The first-order valence-electron chi connectivity index (χ1n) is 9.84. The first-order chi connectivity index (χ1) is 15.4. The summed E-state index contributed by atoms with van der Waals surface area (Å²) in [5, 5.41) is 36.1. The third-order valence-electron chi connectivity index (χ3n) is 5.69. The van der Waals surface area contributed by atoms with Crippen molar-refractivity contribution in [3.8, 4) is 45.8 Å². The van der Waals surface area contributed by atoms with Crippen molar-refractivity contribution in [3.63, 3.8) is 0 Å². The van der Waals surface area contributed by atoms with Crippen molar-refractivity contribution in [2.24, 2.45) is 0 Å². The first-order valence-corrected chi connectivity index (χ1v) is 10.7. The van der Waals surface area contributed by atoms with Crippen LogP contribution in [-0.4, -0.2) is 0 Å². The van der Waals surface area contributed by atoms with Crippen molar-refractivity contribution in [2.75, 3.05) is 0 Å². The van der Waals surface area contributed by atoms with E-state index in [4.69, 9.17) is 21.0 Å². The summed E-state index contributed by atoms with van der Waals surface area (Å²) in [5.41, 5.74) is 6.57. The minimum absolute atomic E-state index is 0.0825. The molecule has 0 bridgehead atoms. The van der Waals surface area contributed by atoms with E-state index >= 15 is 0 Å². The Morgan fingerprint density at radius 3 is 2.00 bits per heavy atom. The van der Waals surface area contributed by atoms with Gasteiger partial charge in [-0.3, -0.25) is 0 Å². The van der Waals surface area contributed by atoms with Crippen LogP contribution in [-0.2, 0) is 5.41 Å². The normalized spacial score (nSPS) is 12.2. The van der Waals surface area contributed by atoms with Gasteiger partial charge in [0.1, 0.15) is 35.4 Å². The summed E-state index contributed by atoms with van der Waals surface area (Å²) in [6, 6.07) is 24.0. The van der Waals surface area contributed by atoms with Crippen LogP contribution >= 0.6 is 11.3 Å². The minimum atomic E-state index is -0.237. The summed E-state index contributed by atoms with van der Waals surface area (Å²) in [5.74, 6) is 0. The maximum atomic E-state index is 9.07. The average molecular weight is 429 g/mol. The maximum absolute atomic E-state index is 9.07. The molecular weight excluding hydrogens is 412 g/mol. The van der Waals surface area contributed by atoms with Gasteiger partial charge in [-0.25, -0.2) is 0 Å². The van der Waals surface area contributed by atoms with Gasteiger partial charge in [0, 0.05) is 15.2 Å². The van der Waals surface area contributed by atoms with Gasteiger partial charge in [0.25, 0.3) is 0 Å². The molecule has 0 saturated carbocycles. The van der Waals surface area contributed by atoms with Gasteiger partial charge in [0.05, 0.1) is 0 Å². The molecule has 0 unspecified atom stereocenters. The molecule has 0 amide bonds. The zero-order chi connectivity index (χ0) is 22.9. The van der Waals surface area contributed by atoms with Gasteiger partial charge < -0.3 is 0 Å². The van der Waals surface area contributed by atoms with Crippen molar-refractivity contribution in [1.29, 1.82) is 21.0 Å². The fourth-order valence-corrected chi connectivity index (χ4v) is 5.02. The molecule has 1 aliphatic rings. The van der Waals surface area contributed by atoms with E-state index in [0.29, 0.717) is 0 Å². The molecule has 1 aliphatic carbocycles. The topological polar surface area (TPSA) is 95.2 Å². The van der Waals surface area contributed by atoms with Crippen molar-refractivity contribution in [1.82, 2.24) is 0 Å². The lowest BCUT2D eigenvalue weighted by Crippen LogP contribution is -2.15. The SMILES string of the molecule is CC1(C)c2cc(C=C(C#N)C#N)ccc2-c2ccc(-c3ccc(C=C(C#N)C#N)s3)cc21. The molecule has 0 radical (unpaired) electrons. The van der Waals surface area contributed by atoms with E-state index < -0.39 is 0 Å². The summed E-state index contributed by atoms with van der Waals surface area (Å²) in [6.45, 7) is 4.36. The van der Waals surface area contributed by atoms with E-state index in [-0.39, 0.29) is 16.6 Å². The van der Waals surface area contributed by atoms with E-state index in [1.807, 2.05) is 42.5 Å². The van der Waals surface area contributed by atoms with Gasteiger partial charge in [-0.05, 0) is 63.7 Å².